The molecule has 1 fully saturated rings. The van der Waals surface area contributed by atoms with Gasteiger partial charge in [-0.05, 0) is 52.7 Å². The fraction of sp³-hybridized carbons (Fsp3) is 0.600. The van der Waals surface area contributed by atoms with Crippen LogP contribution in [0.5, 0.6) is 0 Å². The lowest BCUT2D eigenvalue weighted by Crippen LogP contribution is -2.50. The Labute approximate surface area is 161 Å². The van der Waals surface area contributed by atoms with Crippen molar-refractivity contribution in [3.05, 3.63) is 35.4 Å². The Balaban J connectivity index is 2.11. The molecule has 1 aliphatic heterocycles. The van der Waals surface area contributed by atoms with Gasteiger partial charge in [-0.25, -0.2) is 4.79 Å². The molecule has 0 aromatic heterocycles. The largest absolute Gasteiger partial charge is 0.333 e. The maximum Gasteiger partial charge on any atom is 0.317 e. The minimum absolute atomic E-state index is 0.0167. The van der Waals surface area contributed by atoms with Gasteiger partial charge in [0.2, 0.25) is 5.91 Å². The van der Waals surface area contributed by atoms with Gasteiger partial charge in [0.15, 0.2) is 0 Å². The van der Waals surface area contributed by atoms with E-state index in [2.05, 4.69) is 24.4 Å². The highest BCUT2D eigenvalue weighted by Gasteiger charge is 2.39. The van der Waals surface area contributed by atoms with E-state index in [-0.39, 0.29) is 28.1 Å². The first-order valence-electron chi connectivity index (χ1n) is 9.22. The Morgan fingerprint density at radius 3 is 2.54 bits per heavy atom. The molecule has 144 valence electrons. The third-order valence-electron chi connectivity index (χ3n) is 4.46. The normalized spacial score (nSPS) is 20.4. The SMILES string of the molecule is CCN(CCN1C(=O)C(C)SC1c1ccccc1C)C(=O)NC(C)(C)C. The van der Waals surface area contributed by atoms with Crippen molar-refractivity contribution in [2.45, 2.75) is 57.7 Å². The van der Waals surface area contributed by atoms with Crippen molar-refractivity contribution in [2.24, 2.45) is 0 Å². The van der Waals surface area contributed by atoms with E-state index in [9.17, 15) is 9.59 Å². The zero-order chi connectivity index (χ0) is 19.5. The van der Waals surface area contributed by atoms with E-state index >= 15 is 0 Å². The maximum atomic E-state index is 12.7. The highest BCUT2D eigenvalue weighted by atomic mass is 32.2. The number of carbonyl (C=O) groups is 2. The van der Waals surface area contributed by atoms with Gasteiger partial charge in [-0.2, -0.15) is 0 Å². The Morgan fingerprint density at radius 1 is 1.31 bits per heavy atom. The molecule has 3 amide bonds. The Bertz CT molecular complexity index is 657. The lowest BCUT2D eigenvalue weighted by atomic mass is 10.1. The molecule has 0 radical (unpaired) electrons. The molecule has 2 atom stereocenters. The summed E-state index contributed by atoms with van der Waals surface area (Å²) in [5.41, 5.74) is 2.09. The topological polar surface area (TPSA) is 52.7 Å². The number of nitrogens with one attached hydrogen (secondary N) is 1. The van der Waals surface area contributed by atoms with Crippen LogP contribution in [-0.4, -0.2) is 52.2 Å². The van der Waals surface area contributed by atoms with Crippen LogP contribution in [0.4, 0.5) is 4.79 Å². The molecule has 0 saturated carbocycles. The third-order valence-corrected chi connectivity index (χ3v) is 5.84. The number of aryl methyl sites for hydroxylation is 1. The van der Waals surface area contributed by atoms with Gasteiger partial charge in [0.1, 0.15) is 5.37 Å². The summed E-state index contributed by atoms with van der Waals surface area (Å²) in [6.45, 7) is 13.6. The smallest absolute Gasteiger partial charge is 0.317 e. The zero-order valence-corrected chi connectivity index (χ0v) is 17.5. The number of benzene rings is 1. The van der Waals surface area contributed by atoms with Crippen LogP contribution >= 0.6 is 11.8 Å². The monoisotopic (exact) mass is 377 g/mol. The molecule has 2 rings (SSSR count). The minimum atomic E-state index is -0.276. The number of urea groups is 1. The molecule has 26 heavy (non-hydrogen) atoms. The lowest BCUT2D eigenvalue weighted by molar-refractivity contribution is -0.130. The first-order chi connectivity index (χ1) is 12.1. The van der Waals surface area contributed by atoms with Crippen LogP contribution in [-0.2, 0) is 4.79 Å². The molecular weight excluding hydrogens is 346 g/mol. The molecule has 0 spiro atoms. The molecular formula is C20H31N3O2S. The van der Waals surface area contributed by atoms with Crippen LogP contribution < -0.4 is 5.32 Å². The summed E-state index contributed by atoms with van der Waals surface area (Å²) in [4.78, 5) is 28.8. The number of hydrogen-bond acceptors (Lipinski definition) is 3. The number of amides is 3. The Hall–Kier alpha value is -1.69. The number of likely N-dealkylation sites (N-methyl/N-ethyl adjacent to an activating group) is 1. The van der Waals surface area contributed by atoms with E-state index in [4.69, 9.17) is 0 Å². The molecule has 1 heterocycles. The summed E-state index contributed by atoms with van der Waals surface area (Å²) >= 11 is 1.68. The summed E-state index contributed by atoms with van der Waals surface area (Å²) in [6, 6.07) is 8.12. The molecule has 6 heteroatoms. The van der Waals surface area contributed by atoms with Crippen LogP contribution in [0.25, 0.3) is 0 Å². The quantitative estimate of drug-likeness (QED) is 0.849. The second-order valence-corrected chi connectivity index (χ2v) is 9.20. The third kappa shape index (κ3) is 4.93. The summed E-state index contributed by atoms with van der Waals surface area (Å²) in [5, 5.41) is 2.96. The van der Waals surface area contributed by atoms with E-state index in [1.54, 1.807) is 16.7 Å². The van der Waals surface area contributed by atoms with Gasteiger partial charge < -0.3 is 15.1 Å². The zero-order valence-electron chi connectivity index (χ0n) is 16.7. The fourth-order valence-corrected chi connectivity index (χ4v) is 4.44. The number of carbonyl (C=O) groups excluding carboxylic acids is 2. The van der Waals surface area contributed by atoms with Gasteiger partial charge in [-0.1, -0.05) is 24.3 Å². The fourth-order valence-electron chi connectivity index (χ4n) is 3.04. The van der Waals surface area contributed by atoms with E-state index in [1.165, 1.54) is 11.1 Å². The van der Waals surface area contributed by atoms with Gasteiger partial charge in [0.05, 0.1) is 5.25 Å². The van der Waals surface area contributed by atoms with Crippen molar-refractivity contribution in [1.82, 2.24) is 15.1 Å². The average molecular weight is 378 g/mol. The number of thioether (sulfide) groups is 1. The first-order valence-corrected chi connectivity index (χ1v) is 10.2. The second kappa shape index (κ2) is 8.33. The predicted octanol–water partition coefficient (Wildman–Crippen LogP) is 3.79. The first kappa shape index (κ1) is 20.6. The van der Waals surface area contributed by atoms with Crippen molar-refractivity contribution in [3.8, 4) is 0 Å². The molecule has 2 unspecified atom stereocenters. The number of rotatable bonds is 5. The maximum absolute atomic E-state index is 12.7. The van der Waals surface area contributed by atoms with Gasteiger partial charge in [-0.15, -0.1) is 11.8 Å². The van der Waals surface area contributed by atoms with Crippen molar-refractivity contribution >= 4 is 23.7 Å². The average Bonchev–Trinajstić information content (AvgIpc) is 2.82. The number of hydrogen-bond donors (Lipinski definition) is 1. The second-order valence-electron chi connectivity index (χ2n) is 7.78. The summed E-state index contributed by atoms with van der Waals surface area (Å²) in [5.74, 6) is 0.149. The van der Waals surface area contributed by atoms with Crippen molar-refractivity contribution in [2.75, 3.05) is 19.6 Å². The highest BCUT2D eigenvalue weighted by Crippen LogP contribution is 2.43. The molecule has 1 saturated heterocycles. The summed E-state index contributed by atoms with van der Waals surface area (Å²) < 4.78 is 0. The van der Waals surface area contributed by atoms with Crippen LogP contribution in [0.3, 0.4) is 0 Å². The molecule has 0 aliphatic carbocycles. The lowest BCUT2D eigenvalue weighted by Gasteiger charge is -2.31. The Kier molecular flexibility index (Phi) is 6.61. The van der Waals surface area contributed by atoms with Crippen molar-refractivity contribution in [3.63, 3.8) is 0 Å². The van der Waals surface area contributed by atoms with E-state index in [0.717, 1.165) is 0 Å². The minimum Gasteiger partial charge on any atom is -0.333 e. The van der Waals surface area contributed by atoms with Gasteiger partial charge in [0.25, 0.3) is 0 Å². The predicted molar refractivity (Wildman–Crippen MR) is 108 cm³/mol. The van der Waals surface area contributed by atoms with E-state index in [0.29, 0.717) is 19.6 Å². The van der Waals surface area contributed by atoms with Crippen LogP contribution in [0.2, 0.25) is 0 Å². The van der Waals surface area contributed by atoms with Gasteiger partial charge >= 0.3 is 6.03 Å². The van der Waals surface area contributed by atoms with Crippen molar-refractivity contribution < 1.29 is 9.59 Å². The van der Waals surface area contributed by atoms with Crippen LogP contribution in [0, 0.1) is 6.92 Å². The van der Waals surface area contributed by atoms with E-state index in [1.807, 2.05) is 51.7 Å². The molecule has 1 aromatic carbocycles. The van der Waals surface area contributed by atoms with Crippen LogP contribution in [0.1, 0.15) is 51.1 Å². The molecule has 1 N–H and O–H groups in total. The summed E-state index contributed by atoms with van der Waals surface area (Å²) in [6.07, 6.45) is 0. The highest BCUT2D eigenvalue weighted by molar-refractivity contribution is 8.01. The standard InChI is InChI=1S/C20H31N3O2S/c1-7-22(19(25)21-20(4,5)6)12-13-23-17(24)15(3)26-18(23)16-11-9-8-10-14(16)2/h8-11,15,18H,7,12-13H2,1-6H3,(H,21,25). The summed E-state index contributed by atoms with van der Waals surface area (Å²) in [7, 11) is 0. The van der Waals surface area contributed by atoms with Gasteiger partial charge in [0, 0.05) is 25.2 Å². The Morgan fingerprint density at radius 2 is 1.96 bits per heavy atom. The molecule has 1 aliphatic rings. The van der Waals surface area contributed by atoms with Gasteiger partial charge in [-0.3, -0.25) is 4.79 Å². The molecule has 0 bridgehead atoms. The van der Waals surface area contributed by atoms with Crippen molar-refractivity contribution in [1.29, 1.82) is 0 Å². The molecule has 1 aromatic rings. The molecule has 5 nitrogen and oxygen atoms in total. The van der Waals surface area contributed by atoms with Crippen LogP contribution in [0.15, 0.2) is 24.3 Å². The van der Waals surface area contributed by atoms with E-state index < -0.39 is 0 Å². The number of nitrogens with zero attached hydrogens (tertiary/aromatic N) is 2.